The van der Waals surface area contributed by atoms with E-state index >= 15 is 0 Å². The van der Waals surface area contributed by atoms with E-state index in [9.17, 15) is 18.0 Å². The van der Waals surface area contributed by atoms with Crippen molar-refractivity contribution in [3.8, 4) is 0 Å². The van der Waals surface area contributed by atoms with Gasteiger partial charge in [-0.3, -0.25) is 4.79 Å². The smallest absolute Gasteiger partial charge is 0.244 e. The van der Waals surface area contributed by atoms with Gasteiger partial charge in [0, 0.05) is 11.1 Å². The van der Waals surface area contributed by atoms with Gasteiger partial charge in [0.25, 0.3) is 0 Å². The fourth-order valence-electron chi connectivity index (χ4n) is 3.33. The number of carbonyl (C=O) groups excluding carboxylic acids is 2. The Labute approximate surface area is 191 Å². The van der Waals surface area contributed by atoms with Crippen LogP contribution in [0.4, 0.5) is 0 Å². The van der Waals surface area contributed by atoms with Crippen molar-refractivity contribution in [2.45, 2.75) is 75.1 Å². The Morgan fingerprint density at radius 3 is 2.42 bits per heavy atom. The maximum atomic E-state index is 13.6. The lowest BCUT2D eigenvalue weighted by atomic mass is 9.98. The van der Waals surface area contributed by atoms with Gasteiger partial charge in [-0.25, -0.2) is 8.42 Å². The molecule has 0 aromatic heterocycles. The molecule has 1 fully saturated rings. The Morgan fingerprint density at radius 2 is 1.87 bits per heavy atom. The summed E-state index contributed by atoms with van der Waals surface area (Å²) in [7, 11) is -6.11. The zero-order valence-corrected chi connectivity index (χ0v) is 21.4. The van der Waals surface area contributed by atoms with E-state index < -0.39 is 36.3 Å². The Morgan fingerprint density at radius 1 is 1.26 bits per heavy atom. The fourth-order valence-corrected chi connectivity index (χ4v) is 6.32. The van der Waals surface area contributed by atoms with Gasteiger partial charge in [0.15, 0.2) is 8.32 Å². The second kappa shape index (κ2) is 10.1. The van der Waals surface area contributed by atoms with Gasteiger partial charge in [0.1, 0.15) is 12.3 Å². The van der Waals surface area contributed by atoms with Gasteiger partial charge in [0.2, 0.25) is 15.9 Å². The van der Waals surface area contributed by atoms with Crippen molar-refractivity contribution < 1.29 is 22.4 Å². The van der Waals surface area contributed by atoms with Gasteiger partial charge in [-0.15, -0.1) is 0 Å². The van der Waals surface area contributed by atoms with Gasteiger partial charge in [-0.2, -0.15) is 4.31 Å². The van der Waals surface area contributed by atoms with Crippen molar-refractivity contribution in [1.29, 1.82) is 0 Å². The Kier molecular flexibility index (Phi) is 8.49. The van der Waals surface area contributed by atoms with E-state index in [0.717, 1.165) is 0 Å². The predicted molar refractivity (Wildman–Crippen MR) is 124 cm³/mol. The van der Waals surface area contributed by atoms with Crippen molar-refractivity contribution in [3.05, 3.63) is 29.3 Å². The van der Waals surface area contributed by atoms with Crippen LogP contribution in [0.25, 0.3) is 0 Å². The van der Waals surface area contributed by atoms with E-state index in [1.807, 2.05) is 0 Å². The van der Waals surface area contributed by atoms with Crippen LogP contribution in [-0.4, -0.2) is 58.5 Å². The van der Waals surface area contributed by atoms with Crippen LogP contribution < -0.4 is 5.32 Å². The van der Waals surface area contributed by atoms with E-state index in [1.54, 1.807) is 0 Å². The number of nitrogens with one attached hydrogen (secondary N) is 1. The van der Waals surface area contributed by atoms with Crippen LogP contribution in [0.2, 0.25) is 23.2 Å². The number of hydrogen-bond donors (Lipinski definition) is 1. The number of amides is 1. The quantitative estimate of drug-likeness (QED) is 0.446. The van der Waals surface area contributed by atoms with E-state index in [2.05, 4.69) is 39.2 Å². The van der Waals surface area contributed by atoms with Crippen LogP contribution in [-0.2, 0) is 24.0 Å². The van der Waals surface area contributed by atoms with E-state index in [0.29, 0.717) is 30.6 Å². The zero-order valence-electron chi connectivity index (χ0n) is 18.9. The Hall–Kier alpha value is -1.26. The molecule has 1 aromatic carbocycles. The standard InChI is InChI=1S/C21H33ClN2O5SSi/c1-21(2,3)31(4,5)29-15-17-7-6-8-19(20(26)23-13-14-25)24(17)30(27,28)18-11-9-16(22)10-12-18/h9-12,14,17,19H,6-8,13,15H2,1-5H3,(H,23,26). The van der Waals surface area contributed by atoms with Crippen molar-refractivity contribution in [3.63, 3.8) is 0 Å². The Bertz CT molecular complexity index is 884. The van der Waals surface area contributed by atoms with Crippen molar-refractivity contribution in [2.75, 3.05) is 13.2 Å². The first-order valence-corrected chi connectivity index (χ1v) is 15.2. The van der Waals surface area contributed by atoms with Gasteiger partial charge in [-0.1, -0.05) is 32.4 Å². The zero-order chi connectivity index (χ0) is 23.4. The van der Waals surface area contributed by atoms with Gasteiger partial charge < -0.3 is 14.5 Å². The largest absolute Gasteiger partial charge is 0.415 e. The molecule has 0 bridgehead atoms. The number of aldehydes is 1. The second-order valence-corrected chi connectivity index (χ2v) is 16.5. The summed E-state index contributed by atoms with van der Waals surface area (Å²) in [6, 6.07) is 4.54. The monoisotopic (exact) mass is 488 g/mol. The third-order valence-electron chi connectivity index (χ3n) is 6.18. The highest BCUT2D eigenvalue weighted by Crippen LogP contribution is 2.38. The molecule has 2 unspecified atom stereocenters. The molecular weight excluding hydrogens is 456 g/mol. The molecule has 2 atom stereocenters. The van der Waals surface area contributed by atoms with Gasteiger partial charge in [0.05, 0.1) is 18.0 Å². The second-order valence-electron chi connectivity index (χ2n) is 9.37. The molecule has 31 heavy (non-hydrogen) atoms. The minimum absolute atomic E-state index is 0.0255. The summed E-state index contributed by atoms with van der Waals surface area (Å²) >= 11 is 5.93. The number of hydrogen-bond acceptors (Lipinski definition) is 5. The molecule has 1 heterocycles. The summed E-state index contributed by atoms with van der Waals surface area (Å²) in [6.45, 7) is 10.7. The molecule has 174 valence electrons. The van der Waals surface area contributed by atoms with Gasteiger partial charge >= 0.3 is 0 Å². The third kappa shape index (κ3) is 6.16. The molecular formula is C21H33ClN2O5SSi. The van der Waals surface area contributed by atoms with Gasteiger partial charge in [-0.05, 0) is 61.7 Å². The summed E-state index contributed by atoms with van der Waals surface area (Å²) in [6.07, 6.45) is 2.25. The minimum atomic E-state index is -3.99. The number of nitrogens with zero attached hydrogens (tertiary/aromatic N) is 1. The molecule has 0 spiro atoms. The molecule has 1 aromatic rings. The molecule has 7 nitrogen and oxygen atoms in total. The molecule has 0 aliphatic carbocycles. The average molecular weight is 489 g/mol. The minimum Gasteiger partial charge on any atom is -0.415 e. The molecule has 0 saturated carbocycles. The summed E-state index contributed by atoms with van der Waals surface area (Å²) in [4.78, 5) is 23.6. The number of benzene rings is 1. The fraction of sp³-hybridized carbons (Fsp3) is 0.619. The van der Waals surface area contributed by atoms with Crippen LogP contribution in [0.3, 0.4) is 0 Å². The molecule has 10 heteroatoms. The van der Waals surface area contributed by atoms with Crippen molar-refractivity contribution >= 4 is 42.1 Å². The van der Waals surface area contributed by atoms with Crippen LogP contribution in [0.5, 0.6) is 0 Å². The first-order valence-electron chi connectivity index (χ1n) is 10.5. The lowest BCUT2D eigenvalue weighted by Gasteiger charge is -2.43. The van der Waals surface area contributed by atoms with Crippen LogP contribution in [0.15, 0.2) is 29.2 Å². The van der Waals surface area contributed by atoms with Crippen LogP contribution >= 0.6 is 11.6 Å². The molecule has 1 saturated heterocycles. The number of rotatable bonds is 8. The molecule has 0 radical (unpaired) electrons. The molecule has 1 aliphatic heterocycles. The summed E-state index contributed by atoms with van der Waals surface area (Å²) in [5.41, 5.74) is 0. The topological polar surface area (TPSA) is 92.8 Å². The molecule has 1 aliphatic rings. The van der Waals surface area contributed by atoms with Crippen molar-refractivity contribution in [1.82, 2.24) is 9.62 Å². The van der Waals surface area contributed by atoms with Crippen LogP contribution in [0, 0.1) is 0 Å². The number of sulfonamides is 1. The number of halogens is 1. The maximum Gasteiger partial charge on any atom is 0.244 e. The molecule has 1 amide bonds. The first-order chi connectivity index (χ1) is 14.3. The summed E-state index contributed by atoms with van der Waals surface area (Å²) < 4.78 is 34.8. The lowest BCUT2D eigenvalue weighted by Crippen LogP contribution is -2.58. The lowest BCUT2D eigenvalue weighted by molar-refractivity contribution is -0.127. The maximum absolute atomic E-state index is 13.6. The SMILES string of the molecule is CC(C)(C)[Si](C)(C)OCC1CCCC(C(=O)NCC=O)N1S(=O)(=O)c1ccc(Cl)cc1. The number of piperidine rings is 1. The highest BCUT2D eigenvalue weighted by molar-refractivity contribution is 7.89. The highest BCUT2D eigenvalue weighted by Gasteiger charge is 2.45. The Balaban J connectivity index is 2.41. The number of carbonyl (C=O) groups is 2. The summed E-state index contributed by atoms with van der Waals surface area (Å²) in [5.74, 6) is -0.471. The van der Waals surface area contributed by atoms with E-state index in [1.165, 1.54) is 28.6 Å². The van der Waals surface area contributed by atoms with Crippen molar-refractivity contribution in [2.24, 2.45) is 0 Å². The van der Waals surface area contributed by atoms with E-state index in [4.69, 9.17) is 16.0 Å². The van der Waals surface area contributed by atoms with E-state index in [-0.39, 0.29) is 23.1 Å². The molecule has 1 N–H and O–H groups in total. The normalized spacial score (nSPS) is 21.0. The highest BCUT2D eigenvalue weighted by atomic mass is 35.5. The molecule has 2 rings (SSSR count). The van der Waals surface area contributed by atoms with Crippen LogP contribution in [0.1, 0.15) is 40.0 Å². The third-order valence-corrected chi connectivity index (χ3v) is 12.9. The summed E-state index contributed by atoms with van der Waals surface area (Å²) in [5, 5.41) is 2.92. The first kappa shape index (κ1) is 26.0. The predicted octanol–water partition coefficient (Wildman–Crippen LogP) is 3.59. The average Bonchev–Trinajstić information content (AvgIpc) is 2.69.